The largest absolute Gasteiger partial charge is 0.451 e. The van der Waals surface area contributed by atoms with Gasteiger partial charge in [-0.25, -0.2) is 4.79 Å². The van der Waals surface area contributed by atoms with Gasteiger partial charge in [0.2, 0.25) is 0 Å². The maximum Gasteiger partial charge on any atom is 0.348 e. The van der Waals surface area contributed by atoms with Gasteiger partial charge in [-0.2, -0.15) is 4.98 Å². The van der Waals surface area contributed by atoms with Crippen LogP contribution in [0.3, 0.4) is 0 Å². The number of carbonyl (C=O) groups excluding carboxylic acids is 1. The van der Waals surface area contributed by atoms with Gasteiger partial charge in [0.05, 0.1) is 0 Å². The molecule has 2 aromatic rings. The van der Waals surface area contributed by atoms with E-state index in [1.54, 1.807) is 11.3 Å². The van der Waals surface area contributed by atoms with Gasteiger partial charge in [0.25, 0.3) is 5.89 Å². The molecule has 3 rings (SSSR count). The van der Waals surface area contributed by atoms with Crippen molar-refractivity contribution in [1.29, 1.82) is 0 Å². The Morgan fingerprint density at radius 3 is 3.00 bits per heavy atom. The van der Waals surface area contributed by atoms with Crippen molar-refractivity contribution in [2.45, 2.75) is 52.6 Å². The van der Waals surface area contributed by atoms with Gasteiger partial charge < -0.3 is 9.26 Å². The van der Waals surface area contributed by atoms with Crippen LogP contribution in [0.5, 0.6) is 0 Å². The van der Waals surface area contributed by atoms with Gasteiger partial charge in [-0.05, 0) is 43.2 Å². The Morgan fingerprint density at radius 1 is 1.41 bits per heavy atom. The van der Waals surface area contributed by atoms with Crippen molar-refractivity contribution in [2.75, 3.05) is 0 Å². The van der Waals surface area contributed by atoms with Crippen LogP contribution >= 0.6 is 11.3 Å². The minimum Gasteiger partial charge on any atom is -0.451 e. The van der Waals surface area contributed by atoms with Crippen LogP contribution in [0, 0.1) is 5.92 Å². The summed E-state index contributed by atoms with van der Waals surface area (Å²) in [6.07, 6.45) is 5.33. The van der Waals surface area contributed by atoms with Crippen LogP contribution in [0.15, 0.2) is 10.6 Å². The fourth-order valence-electron chi connectivity index (χ4n) is 2.59. The molecule has 6 heteroatoms. The van der Waals surface area contributed by atoms with Crippen LogP contribution in [0.4, 0.5) is 0 Å². The quantitative estimate of drug-likeness (QED) is 0.788. The van der Waals surface area contributed by atoms with Gasteiger partial charge in [-0.3, -0.25) is 0 Å². The highest BCUT2D eigenvalue weighted by Gasteiger charge is 2.19. The molecule has 2 heterocycles. The molecular formula is C16H20N2O3S. The number of carbonyl (C=O) groups is 1. The third-order valence-electron chi connectivity index (χ3n) is 3.63. The van der Waals surface area contributed by atoms with Gasteiger partial charge in [-0.15, -0.1) is 11.3 Å². The van der Waals surface area contributed by atoms with Crippen molar-refractivity contribution < 1.29 is 14.1 Å². The van der Waals surface area contributed by atoms with Gasteiger partial charge in [0, 0.05) is 11.3 Å². The van der Waals surface area contributed by atoms with Crippen LogP contribution in [0.25, 0.3) is 0 Å². The van der Waals surface area contributed by atoms with Crippen molar-refractivity contribution >= 4 is 17.3 Å². The molecule has 118 valence electrons. The lowest BCUT2D eigenvalue weighted by atomic mass is 9.99. The van der Waals surface area contributed by atoms with Crippen molar-refractivity contribution in [3.05, 3.63) is 33.1 Å². The highest BCUT2D eigenvalue weighted by atomic mass is 32.1. The molecule has 0 saturated heterocycles. The number of aromatic nitrogens is 2. The number of hydrogen-bond acceptors (Lipinski definition) is 6. The number of aryl methyl sites for hydroxylation is 2. The maximum absolute atomic E-state index is 12.1. The molecule has 0 amide bonds. The van der Waals surface area contributed by atoms with E-state index >= 15 is 0 Å². The molecule has 0 spiro atoms. The van der Waals surface area contributed by atoms with E-state index in [0.717, 1.165) is 19.3 Å². The molecule has 0 aromatic carbocycles. The average molecular weight is 320 g/mol. The summed E-state index contributed by atoms with van der Waals surface area (Å²) < 4.78 is 10.4. The normalized spacial score (nSPS) is 14.1. The first kappa shape index (κ1) is 15.2. The predicted molar refractivity (Wildman–Crippen MR) is 82.9 cm³/mol. The second kappa shape index (κ2) is 6.60. The van der Waals surface area contributed by atoms with Crippen molar-refractivity contribution in [2.24, 2.45) is 5.92 Å². The van der Waals surface area contributed by atoms with Crippen LogP contribution in [0.2, 0.25) is 0 Å². The molecule has 2 aromatic heterocycles. The minimum absolute atomic E-state index is 0.0342. The van der Waals surface area contributed by atoms with Crippen molar-refractivity contribution in [3.63, 3.8) is 0 Å². The summed E-state index contributed by atoms with van der Waals surface area (Å²) in [5.74, 6) is 1.17. The molecular weight excluding hydrogens is 300 g/mol. The van der Waals surface area contributed by atoms with E-state index in [9.17, 15) is 4.79 Å². The van der Waals surface area contributed by atoms with E-state index in [4.69, 9.17) is 9.26 Å². The Labute approximate surface area is 133 Å². The van der Waals surface area contributed by atoms with E-state index in [1.165, 1.54) is 23.3 Å². The molecule has 0 bridgehead atoms. The molecule has 5 nitrogen and oxygen atoms in total. The van der Waals surface area contributed by atoms with Crippen molar-refractivity contribution in [3.8, 4) is 0 Å². The second-order valence-electron chi connectivity index (χ2n) is 6.04. The summed E-state index contributed by atoms with van der Waals surface area (Å²) in [6, 6.07) is 1.97. The first-order valence-corrected chi connectivity index (χ1v) is 8.53. The lowest BCUT2D eigenvalue weighted by molar-refractivity contribution is 0.0435. The maximum atomic E-state index is 12.1. The van der Waals surface area contributed by atoms with E-state index in [-0.39, 0.29) is 12.6 Å². The first-order valence-electron chi connectivity index (χ1n) is 7.72. The van der Waals surface area contributed by atoms with Gasteiger partial charge in [-0.1, -0.05) is 19.0 Å². The molecule has 0 N–H and O–H groups in total. The lowest BCUT2D eigenvalue weighted by Gasteiger charge is -2.08. The standard InChI is InChI=1S/C16H20N2O3S/c1-10(2)7-14-17-15(21-18-14)9-20-16(19)13-8-11-5-3-4-6-12(11)22-13/h8,10H,3-7,9H2,1-2H3. The third kappa shape index (κ3) is 3.55. The molecule has 0 atom stereocenters. The summed E-state index contributed by atoms with van der Waals surface area (Å²) >= 11 is 1.55. The molecule has 0 unspecified atom stereocenters. The molecule has 0 fully saturated rings. The highest BCUT2D eigenvalue weighted by Crippen LogP contribution is 2.30. The van der Waals surface area contributed by atoms with E-state index in [0.29, 0.717) is 22.5 Å². The lowest BCUT2D eigenvalue weighted by Crippen LogP contribution is -2.04. The number of rotatable bonds is 5. The summed E-state index contributed by atoms with van der Waals surface area (Å²) in [7, 11) is 0. The Hall–Kier alpha value is -1.69. The zero-order valence-electron chi connectivity index (χ0n) is 12.9. The summed E-state index contributed by atoms with van der Waals surface area (Å²) in [5.41, 5.74) is 1.31. The van der Waals surface area contributed by atoms with Crippen molar-refractivity contribution in [1.82, 2.24) is 10.1 Å². The number of thiophene rings is 1. The zero-order chi connectivity index (χ0) is 15.5. The van der Waals surface area contributed by atoms with E-state index in [1.807, 2.05) is 6.07 Å². The third-order valence-corrected chi connectivity index (χ3v) is 4.84. The Morgan fingerprint density at radius 2 is 2.23 bits per heavy atom. The number of nitrogens with zero attached hydrogens (tertiary/aromatic N) is 2. The number of hydrogen-bond donors (Lipinski definition) is 0. The second-order valence-corrected chi connectivity index (χ2v) is 7.18. The number of fused-ring (bicyclic) bond motifs is 1. The van der Waals surface area contributed by atoms with E-state index < -0.39 is 0 Å². The minimum atomic E-state index is -0.303. The van der Waals surface area contributed by atoms with Crippen LogP contribution in [-0.4, -0.2) is 16.1 Å². The van der Waals surface area contributed by atoms with Gasteiger partial charge in [0.1, 0.15) is 4.88 Å². The molecule has 0 saturated carbocycles. The fourth-order valence-corrected chi connectivity index (χ4v) is 3.73. The Bertz CT molecular complexity index is 637. The number of esters is 1. The van der Waals surface area contributed by atoms with Gasteiger partial charge >= 0.3 is 5.97 Å². The monoisotopic (exact) mass is 320 g/mol. The molecule has 1 aliphatic rings. The van der Waals surface area contributed by atoms with Crippen LogP contribution in [0.1, 0.15) is 58.5 Å². The van der Waals surface area contributed by atoms with Crippen LogP contribution in [-0.2, 0) is 30.6 Å². The molecule has 0 aliphatic heterocycles. The smallest absolute Gasteiger partial charge is 0.348 e. The zero-order valence-corrected chi connectivity index (χ0v) is 13.7. The Balaban J connectivity index is 1.58. The predicted octanol–water partition coefficient (Wildman–Crippen LogP) is 3.57. The van der Waals surface area contributed by atoms with Crippen LogP contribution < -0.4 is 0 Å². The molecule has 0 radical (unpaired) electrons. The average Bonchev–Trinajstić information content (AvgIpc) is 3.10. The number of ether oxygens (including phenoxy) is 1. The fraction of sp³-hybridized carbons (Fsp3) is 0.562. The first-order chi connectivity index (χ1) is 10.6. The molecule has 1 aliphatic carbocycles. The van der Waals surface area contributed by atoms with Gasteiger partial charge in [0.15, 0.2) is 12.4 Å². The Kier molecular flexibility index (Phi) is 4.57. The summed E-state index contributed by atoms with van der Waals surface area (Å²) in [4.78, 5) is 18.4. The highest BCUT2D eigenvalue weighted by molar-refractivity contribution is 7.14. The SMILES string of the molecule is CC(C)Cc1noc(COC(=O)c2cc3c(s2)CCCC3)n1. The topological polar surface area (TPSA) is 65.2 Å². The summed E-state index contributed by atoms with van der Waals surface area (Å²) in [5, 5.41) is 3.89. The van der Waals surface area contributed by atoms with E-state index in [2.05, 4.69) is 24.0 Å². The summed E-state index contributed by atoms with van der Waals surface area (Å²) in [6.45, 7) is 4.22. The molecule has 22 heavy (non-hydrogen) atoms.